The zero-order chi connectivity index (χ0) is 21.9. The smallest absolute Gasteiger partial charge is 0.416 e. The third kappa shape index (κ3) is 4.58. The van der Waals surface area contributed by atoms with Crippen LogP contribution in [0.25, 0.3) is 11.0 Å². The molecule has 3 rings (SSSR count). The molecular formula is C20H18F3N3O4. The van der Waals surface area contributed by atoms with E-state index in [1.165, 1.54) is 29.0 Å². The molecule has 0 aliphatic carbocycles. The first-order valence-electron chi connectivity index (χ1n) is 9.17. The van der Waals surface area contributed by atoms with E-state index >= 15 is 0 Å². The summed E-state index contributed by atoms with van der Waals surface area (Å²) in [5, 5.41) is 0.0652. The van der Waals surface area contributed by atoms with Gasteiger partial charge >= 0.3 is 17.8 Å². The minimum absolute atomic E-state index is 0.00117. The largest absolute Gasteiger partial charge is 0.462 e. The first-order chi connectivity index (χ1) is 14.2. The molecule has 0 fully saturated rings. The third-order valence-corrected chi connectivity index (χ3v) is 4.39. The van der Waals surface area contributed by atoms with Gasteiger partial charge in [0.2, 0.25) is 0 Å². The number of aromatic amines is 1. The maximum Gasteiger partial charge on any atom is 0.416 e. The van der Waals surface area contributed by atoms with Crippen molar-refractivity contribution in [1.29, 1.82) is 0 Å². The number of benzene rings is 1. The molecule has 10 heteroatoms. The summed E-state index contributed by atoms with van der Waals surface area (Å²) in [4.78, 5) is 42.5. The first-order valence-corrected chi connectivity index (χ1v) is 9.17. The average molecular weight is 421 g/mol. The molecule has 2 heterocycles. The minimum atomic E-state index is -4.45. The Bertz CT molecular complexity index is 1200. The predicted octanol–water partition coefficient (Wildman–Crippen LogP) is 2.91. The number of hydrogen-bond donors (Lipinski definition) is 1. The maximum atomic E-state index is 12.8. The lowest BCUT2D eigenvalue weighted by Gasteiger charge is -2.10. The van der Waals surface area contributed by atoms with E-state index in [0.717, 1.165) is 12.1 Å². The minimum Gasteiger partial charge on any atom is -0.462 e. The van der Waals surface area contributed by atoms with Crippen LogP contribution < -0.4 is 11.2 Å². The Morgan fingerprint density at radius 3 is 2.70 bits per heavy atom. The van der Waals surface area contributed by atoms with Gasteiger partial charge in [-0.2, -0.15) is 13.2 Å². The van der Waals surface area contributed by atoms with Gasteiger partial charge in [0.05, 0.1) is 23.1 Å². The zero-order valence-electron chi connectivity index (χ0n) is 16.0. The van der Waals surface area contributed by atoms with E-state index in [4.69, 9.17) is 4.74 Å². The highest BCUT2D eigenvalue weighted by molar-refractivity contribution is 5.92. The zero-order valence-corrected chi connectivity index (χ0v) is 16.0. The molecule has 30 heavy (non-hydrogen) atoms. The van der Waals surface area contributed by atoms with Gasteiger partial charge in [0.25, 0.3) is 5.56 Å². The van der Waals surface area contributed by atoms with Crippen LogP contribution in [0.2, 0.25) is 0 Å². The standard InChI is InChI=1S/C20H18F3N3O4/c1-2-7-26-16-15(17(27)25-19(26)29)10-13(11-24-16)18(28)30-8-6-12-4-3-5-14(9-12)20(21,22)23/h3-5,9-11H,2,6-8H2,1H3,(H,25,27,29). The van der Waals surface area contributed by atoms with Gasteiger partial charge in [0, 0.05) is 19.2 Å². The summed E-state index contributed by atoms with van der Waals surface area (Å²) in [6.45, 7) is 2.06. The van der Waals surface area contributed by atoms with Crippen molar-refractivity contribution in [2.75, 3.05) is 6.61 Å². The average Bonchev–Trinajstić information content (AvgIpc) is 2.70. The van der Waals surface area contributed by atoms with Crippen LogP contribution in [0.5, 0.6) is 0 Å². The molecule has 2 aromatic heterocycles. The van der Waals surface area contributed by atoms with Crippen LogP contribution in [0.1, 0.15) is 34.8 Å². The lowest BCUT2D eigenvalue weighted by atomic mass is 10.1. The number of esters is 1. The second-order valence-corrected chi connectivity index (χ2v) is 6.59. The number of nitrogens with zero attached hydrogens (tertiary/aromatic N) is 2. The van der Waals surface area contributed by atoms with Crippen LogP contribution in [-0.2, 0) is 23.9 Å². The summed E-state index contributed by atoms with van der Waals surface area (Å²) in [5.41, 5.74) is -1.51. The van der Waals surface area contributed by atoms with Gasteiger partial charge in [-0.15, -0.1) is 0 Å². The summed E-state index contributed by atoms with van der Waals surface area (Å²) in [6, 6.07) is 6.03. The number of halogens is 3. The summed E-state index contributed by atoms with van der Waals surface area (Å²) in [5.74, 6) is -0.774. The molecule has 0 atom stereocenters. The van der Waals surface area contributed by atoms with Crippen molar-refractivity contribution in [3.63, 3.8) is 0 Å². The van der Waals surface area contributed by atoms with E-state index in [1.54, 1.807) is 0 Å². The van der Waals surface area contributed by atoms with Gasteiger partial charge in [-0.3, -0.25) is 14.3 Å². The SMILES string of the molecule is CCCn1c(=O)[nH]c(=O)c2cc(C(=O)OCCc3cccc(C(F)(F)F)c3)cnc21. The summed E-state index contributed by atoms with van der Waals surface area (Å²) < 4.78 is 44.7. The van der Waals surface area contributed by atoms with Crippen LogP contribution in [0, 0.1) is 0 Å². The van der Waals surface area contributed by atoms with Gasteiger partial charge in [-0.25, -0.2) is 14.6 Å². The van der Waals surface area contributed by atoms with E-state index < -0.39 is 29.0 Å². The van der Waals surface area contributed by atoms with Crippen molar-refractivity contribution in [2.45, 2.75) is 32.5 Å². The van der Waals surface area contributed by atoms with Crippen molar-refractivity contribution in [2.24, 2.45) is 0 Å². The lowest BCUT2D eigenvalue weighted by molar-refractivity contribution is -0.137. The molecule has 0 aliphatic rings. The number of pyridine rings is 1. The molecule has 0 amide bonds. The number of carbonyl (C=O) groups excluding carboxylic acids is 1. The molecule has 0 aliphatic heterocycles. The lowest BCUT2D eigenvalue weighted by Crippen LogP contribution is -2.31. The Hall–Kier alpha value is -3.43. The number of H-pyrrole nitrogens is 1. The predicted molar refractivity (Wildman–Crippen MR) is 102 cm³/mol. The fraction of sp³-hybridized carbons (Fsp3) is 0.300. The number of nitrogens with one attached hydrogen (secondary N) is 1. The van der Waals surface area contributed by atoms with Gasteiger partial charge < -0.3 is 4.74 Å². The quantitative estimate of drug-likeness (QED) is 0.618. The Morgan fingerprint density at radius 2 is 2.00 bits per heavy atom. The fourth-order valence-electron chi connectivity index (χ4n) is 2.96. The Kier molecular flexibility index (Phi) is 6.04. The Labute approximate surface area is 168 Å². The van der Waals surface area contributed by atoms with Gasteiger partial charge in [-0.1, -0.05) is 25.1 Å². The van der Waals surface area contributed by atoms with Gasteiger partial charge in [-0.05, 0) is 24.1 Å². The number of aromatic nitrogens is 3. The van der Waals surface area contributed by atoms with E-state index in [9.17, 15) is 27.6 Å². The van der Waals surface area contributed by atoms with Crippen LogP contribution >= 0.6 is 0 Å². The summed E-state index contributed by atoms with van der Waals surface area (Å²) in [7, 11) is 0. The molecule has 0 spiro atoms. The van der Waals surface area contributed by atoms with Crippen molar-refractivity contribution >= 4 is 17.0 Å². The molecular weight excluding hydrogens is 403 g/mol. The molecule has 7 nitrogen and oxygen atoms in total. The number of aryl methyl sites for hydroxylation is 1. The second-order valence-electron chi connectivity index (χ2n) is 6.59. The number of rotatable bonds is 6. The van der Waals surface area contributed by atoms with Gasteiger partial charge in [0.1, 0.15) is 5.65 Å². The highest BCUT2D eigenvalue weighted by atomic mass is 19.4. The maximum absolute atomic E-state index is 12.8. The van der Waals surface area contributed by atoms with Crippen LogP contribution in [0.3, 0.4) is 0 Å². The van der Waals surface area contributed by atoms with E-state index in [1.807, 2.05) is 6.92 Å². The fourth-order valence-corrected chi connectivity index (χ4v) is 2.96. The molecule has 1 N–H and O–H groups in total. The molecule has 0 bridgehead atoms. The van der Waals surface area contributed by atoms with Crippen molar-refractivity contribution in [3.8, 4) is 0 Å². The number of fused-ring (bicyclic) bond motifs is 1. The third-order valence-electron chi connectivity index (χ3n) is 4.39. The van der Waals surface area contributed by atoms with E-state index in [2.05, 4.69) is 9.97 Å². The monoisotopic (exact) mass is 421 g/mol. The Morgan fingerprint density at radius 1 is 1.23 bits per heavy atom. The van der Waals surface area contributed by atoms with Gasteiger partial charge in [0.15, 0.2) is 0 Å². The molecule has 1 aromatic carbocycles. The summed E-state index contributed by atoms with van der Waals surface area (Å²) in [6.07, 6.45) is -2.52. The highest BCUT2D eigenvalue weighted by Gasteiger charge is 2.30. The van der Waals surface area contributed by atoms with Crippen molar-refractivity contribution in [1.82, 2.24) is 14.5 Å². The number of alkyl halides is 3. The van der Waals surface area contributed by atoms with Crippen LogP contribution in [-0.4, -0.2) is 27.1 Å². The molecule has 0 radical (unpaired) electrons. The molecule has 158 valence electrons. The topological polar surface area (TPSA) is 94.1 Å². The van der Waals surface area contributed by atoms with E-state index in [0.29, 0.717) is 18.5 Å². The number of hydrogen-bond acceptors (Lipinski definition) is 5. The van der Waals surface area contributed by atoms with E-state index in [-0.39, 0.29) is 29.6 Å². The van der Waals surface area contributed by atoms with Crippen molar-refractivity contribution < 1.29 is 22.7 Å². The number of ether oxygens (including phenoxy) is 1. The summed E-state index contributed by atoms with van der Waals surface area (Å²) >= 11 is 0. The molecule has 0 saturated heterocycles. The normalized spacial score (nSPS) is 11.6. The van der Waals surface area contributed by atoms with Crippen molar-refractivity contribution in [3.05, 3.63) is 74.1 Å². The van der Waals surface area contributed by atoms with Crippen LogP contribution in [0.4, 0.5) is 13.2 Å². The second kappa shape index (κ2) is 8.52. The Balaban J connectivity index is 1.75. The molecule has 0 saturated carbocycles. The molecule has 3 aromatic rings. The van der Waals surface area contributed by atoms with Crippen LogP contribution in [0.15, 0.2) is 46.1 Å². The first kappa shape index (κ1) is 21.3. The highest BCUT2D eigenvalue weighted by Crippen LogP contribution is 2.29. The number of carbonyl (C=O) groups is 1. The molecule has 0 unspecified atom stereocenters.